The van der Waals surface area contributed by atoms with Crippen molar-refractivity contribution in [3.05, 3.63) is 0 Å². The lowest BCUT2D eigenvalue weighted by Crippen LogP contribution is -2.32. The molecule has 1 heterocycles. The molecule has 0 aliphatic carbocycles. The van der Waals surface area contributed by atoms with Crippen molar-refractivity contribution in [2.75, 3.05) is 32.7 Å². The van der Waals surface area contributed by atoms with E-state index in [4.69, 9.17) is 0 Å². The first kappa shape index (κ1) is 13.0. The molecule has 0 aromatic rings. The highest BCUT2D eigenvalue weighted by molar-refractivity contribution is 4.64. The molecule has 0 aromatic heterocycles. The Bertz CT molecular complexity index is 130. The molecular weight excluding hydrogens is 184 g/mol. The number of hydrogen-bond acceptors (Lipinski definition) is 2. The molecular formula is C13H28N2. The Labute approximate surface area is 95.4 Å². The van der Waals surface area contributed by atoms with Crippen LogP contribution in [-0.2, 0) is 0 Å². The molecule has 2 heteroatoms. The zero-order valence-electron chi connectivity index (χ0n) is 10.4. The number of likely N-dealkylation sites (tertiary alicyclic amines) is 1. The molecule has 15 heavy (non-hydrogen) atoms. The van der Waals surface area contributed by atoms with Gasteiger partial charge in [-0.2, -0.15) is 0 Å². The summed E-state index contributed by atoms with van der Waals surface area (Å²) in [4.78, 5) is 2.62. The third kappa shape index (κ3) is 6.91. The number of nitrogens with zero attached hydrogens (tertiary/aromatic N) is 1. The Balaban J connectivity index is 1.79. The lowest BCUT2D eigenvalue weighted by molar-refractivity contribution is 0.226. The normalized spacial score (nSPS) is 18.2. The highest BCUT2D eigenvalue weighted by atomic mass is 15.1. The van der Waals surface area contributed by atoms with Crippen molar-refractivity contribution in [3.63, 3.8) is 0 Å². The molecule has 1 N–H and O–H groups in total. The lowest BCUT2D eigenvalue weighted by Gasteiger charge is -2.26. The van der Waals surface area contributed by atoms with Crippen LogP contribution in [0.25, 0.3) is 0 Å². The van der Waals surface area contributed by atoms with E-state index < -0.39 is 0 Å². The number of nitrogens with one attached hydrogen (secondary N) is 1. The minimum Gasteiger partial charge on any atom is -0.317 e. The molecule has 1 fully saturated rings. The molecule has 1 aliphatic heterocycles. The fourth-order valence-electron chi connectivity index (χ4n) is 2.24. The van der Waals surface area contributed by atoms with Gasteiger partial charge in [0.15, 0.2) is 0 Å². The van der Waals surface area contributed by atoms with E-state index in [2.05, 4.69) is 17.1 Å². The summed E-state index contributed by atoms with van der Waals surface area (Å²) in [6.07, 6.45) is 9.67. The van der Waals surface area contributed by atoms with Crippen LogP contribution in [0.1, 0.15) is 51.9 Å². The molecule has 1 saturated heterocycles. The van der Waals surface area contributed by atoms with Gasteiger partial charge in [0.1, 0.15) is 0 Å². The van der Waals surface area contributed by atoms with Gasteiger partial charge in [-0.25, -0.2) is 0 Å². The molecule has 2 nitrogen and oxygen atoms in total. The Morgan fingerprint density at radius 2 is 1.67 bits per heavy atom. The number of hydrogen-bond donors (Lipinski definition) is 1. The zero-order valence-corrected chi connectivity index (χ0v) is 10.4. The second kappa shape index (κ2) is 9.17. The van der Waals surface area contributed by atoms with E-state index in [1.54, 1.807) is 0 Å². The predicted octanol–water partition coefficient (Wildman–Crippen LogP) is 2.64. The highest BCUT2D eigenvalue weighted by Crippen LogP contribution is 2.08. The lowest BCUT2D eigenvalue weighted by atomic mass is 10.1. The molecule has 0 unspecified atom stereocenters. The van der Waals surface area contributed by atoms with Crippen molar-refractivity contribution in [3.8, 4) is 0 Å². The fourth-order valence-corrected chi connectivity index (χ4v) is 2.24. The van der Waals surface area contributed by atoms with Gasteiger partial charge in [0.2, 0.25) is 0 Å². The Hall–Kier alpha value is -0.0800. The van der Waals surface area contributed by atoms with Gasteiger partial charge in [-0.05, 0) is 58.4 Å². The molecule has 0 bridgehead atoms. The fraction of sp³-hybridized carbons (Fsp3) is 1.00. The van der Waals surface area contributed by atoms with Crippen molar-refractivity contribution in [1.29, 1.82) is 0 Å². The molecule has 0 radical (unpaired) electrons. The topological polar surface area (TPSA) is 15.3 Å². The van der Waals surface area contributed by atoms with Crippen LogP contribution < -0.4 is 5.32 Å². The second-order valence-corrected chi connectivity index (χ2v) is 4.71. The van der Waals surface area contributed by atoms with Gasteiger partial charge in [-0.1, -0.05) is 26.2 Å². The van der Waals surface area contributed by atoms with Crippen LogP contribution in [0.3, 0.4) is 0 Å². The van der Waals surface area contributed by atoms with Gasteiger partial charge in [0.05, 0.1) is 0 Å². The first-order valence-electron chi connectivity index (χ1n) is 6.86. The van der Waals surface area contributed by atoms with E-state index in [0.29, 0.717) is 0 Å². The summed E-state index contributed by atoms with van der Waals surface area (Å²) in [5.74, 6) is 0. The summed E-state index contributed by atoms with van der Waals surface area (Å²) in [5, 5.41) is 3.53. The van der Waals surface area contributed by atoms with Crippen molar-refractivity contribution in [2.45, 2.75) is 51.9 Å². The maximum absolute atomic E-state index is 3.53. The second-order valence-electron chi connectivity index (χ2n) is 4.71. The minimum absolute atomic E-state index is 1.21. The van der Waals surface area contributed by atoms with Crippen LogP contribution >= 0.6 is 0 Å². The first-order valence-corrected chi connectivity index (χ1v) is 6.86. The summed E-state index contributed by atoms with van der Waals surface area (Å²) in [5.41, 5.74) is 0. The quantitative estimate of drug-likeness (QED) is 0.622. The van der Waals surface area contributed by atoms with Gasteiger partial charge >= 0.3 is 0 Å². The van der Waals surface area contributed by atoms with Crippen LogP contribution in [0.15, 0.2) is 0 Å². The summed E-state index contributed by atoms with van der Waals surface area (Å²) in [6, 6.07) is 0. The van der Waals surface area contributed by atoms with Gasteiger partial charge in [-0.3, -0.25) is 0 Å². The van der Waals surface area contributed by atoms with Gasteiger partial charge < -0.3 is 10.2 Å². The maximum atomic E-state index is 3.53. The molecule has 1 rings (SSSR count). The average Bonchev–Trinajstić information content (AvgIpc) is 2.29. The molecule has 0 saturated carbocycles. The van der Waals surface area contributed by atoms with Crippen LogP contribution in [0, 0.1) is 0 Å². The van der Waals surface area contributed by atoms with E-state index in [-0.39, 0.29) is 0 Å². The Morgan fingerprint density at radius 3 is 2.40 bits per heavy atom. The smallest absolute Gasteiger partial charge is 0.000664 e. The van der Waals surface area contributed by atoms with Crippen molar-refractivity contribution >= 4 is 0 Å². The van der Waals surface area contributed by atoms with Crippen molar-refractivity contribution < 1.29 is 0 Å². The molecule has 1 aliphatic rings. The molecule has 0 spiro atoms. The molecule has 0 amide bonds. The SMILES string of the molecule is CCCCCNCCCN1CCCCC1. The average molecular weight is 212 g/mol. The largest absolute Gasteiger partial charge is 0.317 e. The number of unbranched alkanes of at least 4 members (excludes halogenated alkanes) is 2. The van der Waals surface area contributed by atoms with E-state index in [1.807, 2.05) is 0 Å². The third-order valence-corrected chi connectivity index (χ3v) is 3.23. The van der Waals surface area contributed by atoms with E-state index >= 15 is 0 Å². The number of rotatable bonds is 8. The maximum Gasteiger partial charge on any atom is -0.000664 e. The van der Waals surface area contributed by atoms with Crippen LogP contribution in [-0.4, -0.2) is 37.6 Å². The summed E-state index contributed by atoms with van der Waals surface area (Å²) in [6.45, 7) is 8.68. The van der Waals surface area contributed by atoms with E-state index in [0.717, 1.165) is 0 Å². The number of piperidine rings is 1. The van der Waals surface area contributed by atoms with Crippen molar-refractivity contribution in [2.24, 2.45) is 0 Å². The van der Waals surface area contributed by atoms with E-state index in [9.17, 15) is 0 Å². The zero-order chi connectivity index (χ0) is 10.8. The third-order valence-electron chi connectivity index (χ3n) is 3.23. The monoisotopic (exact) mass is 212 g/mol. The van der Waals surface area contributed by atoms with Gasteiger partial charge in [-0.15, -0.1) is 0 Å². The molecule has 0 aromatic carbocycles. The van der Waals surface area contributed by atoms with Crippen LogP contribution in [0.5, 0.6) is 0 Å². The molecule has 90 valence electrons. The summed E-state index contributed by atoms with van der Waals surface area (Å²) in [7, 11) is 0. The highest BCUT2D eigenvalue weighted by Gasteiger charge is 2.08. The Morgan fingerprint density at radius 1 is 0.933 bits per heavy atom. The van der Waals surface area contributed by atoms with E-state index in [1.165, 1.54) is 77.7 Å². The summed E-state index contributed by atoms with van der Waals surface area (Å²) < 4.78 is 0. The first-order chi connectivity index (χ1) is 7.43. The predicted molar refractivity (Wildman–Crippen MR) is 67.3 cm³/mol. The van der Waals surface area contributed by atoms with Gasteiger partial charge in [0.25, 0.3) is 0 Å². The summed E-state index contributed by atoms with van der Waals surface area (Å²) >= 11 is 0. The van der Waals surface area contributed by atoms with Crippen molar-refractivity contribution in [1.82, 2.24) is 10.2 Å². The standard InChI is InChI=1S/C13H28N2/c1-2-3-5-9-14-10-8-13-15-11-6-4-7-12-15/h14H,2-13H2,1H3. The Kier molecular flexibility index (Phi) is 7.94. The van der Waals surface area contributed by atoms with Crippen LogP contribution in [0.4, 0.5) is 0 Å². The van der Waals surface area contributed by atoms with Crippen LogP contribution in [0.2, 0.25) is 0 Å². The minimum atomic E-state index is 1.21. The molecule has 0 atom stereocenters. The van der Waals surface area contributed by atoms with Gasteiger partial charge in [0, 0.05) is 0 Å².